The maximum absolute atomic E-state index is 2.37. The molecule has 0 aliphatic heterocycles. The van der Waals surface area contributed by atoms with Gasteiger partial charge in [-0.05, 0) is 38.4 Å². The molecule has 0 bridgehead atoms. The zero-order valence-electron chi connectivity index (χ0n) is 11.1. The topological polar surface area (TPSA) is 3.24 Å². The fourth-order valence-electron chi connectivity index (χ4n) is 2.28. The summed E-state index contributed by atoms with van der Waals surface area (Å²) in [4.78, 5) is 2.37. The van der Waals surface area contributed by atoms with Gasteiger partial charge in [0.1, 0.15) is 0 Å². The molecule has 0 amide bonds. The summed E-state index contributed by atoms with van der Waals surface area (Å²) in [5.41, 5.74) is 1.46. The monoisotopic (exact) mass is 219 g/mol. The quantitative estimate of drug-likeness (QED) is 0.706. The number of rotatable bonds is 6. The summed E-state index contributed by atoms with van der Waals surface area (Å²) in [6.45, 7) is 4.64. The molecule has 90 valence electrons. The van der Waals surface area contributed by atoms with Gasteiger partial charge in [-0.2, -0.15) is 0 Å². The molecule has 0 heterocycles. The van der Waals surface area contributed by atoms with Crippen LogP contribution in [0.3, 0.4) is 0 Å². The van der Waals surface area contributed by atoms with Gasteiger partial charge in [-0.3, -0.25) is 0 Å². The summed E-state index contributed by atoms with van der Waals surface area (Å²) >= 11 is 0. The van der Waals surface area contributed by atoms with Crippen LogP contribution in [0, 0.1) is 5.92 Å². The number of aryl methyl sites for hydroxylation is 1. The van der Waals surface area contributed by atoms with Crippen LogP contribution >= 0.6 is 0 Å². The summed E-state index contributed by atoms with van der Waals surface area (Å²) in [6, 6.07) is 11.5. The molecule has 2 atom stereocenters. The Hall–Kier alpha value is -0.820. The largest absolute Gasteiger partial charge is 0.306 e. The van der Waals surface area contributed by atoms with E-state index in [-0.39, 0.29) is 0 Å². The van der Waals surface area contributed by atoms with E-state index in [2.05, 4.69) is 63.2 Å². The highest BCUT2D eigenvalue weighted by Gasteiger charge is 2.17. The first-order valence-corrected chi connectivity index (χ1v) is 6.35. The van der Waals surface area contributed by atoms with Crippen LogP contribution in [0.5, 0.6) is 0 Å². The van der Waals surface area contributed by atoms with Crippen molar-refractivity contribution in [3.8, 4) is 0 Å². The molecular weight excluding hydrogens is 194 g/mol. The van der Waals surface area contributed by atoms with Gasteiger partial charge in [0.05, 0.1) is 0 Å². The maximum atomic E-state index is 2.37. The number of hydrogen-bond donors (Lipinski definition) is 0. The Morgan fingerprint density at radius 1 is 1.12 bits per heavy atom. The molecule has 0 aromatic heterocycles. The van der Waals surface area contributed by atoms with Crippen molar-refractivity contribution in [2.24, 2.45) is 5.92 Å². The predicted octanol–water partition coefficient (Wildman–Crippen LogP) is 3.60. The SMILES string of the molecule is CCC(C)C(CCc1ccccc1)N(C)C. The fraction of sp³-hybridized carbons (Fsp3) is 0.600. The second-order valence-electron chi connectivity index (χ2n) is 4.94. The highest BCUT2D eigenvalue weighted by molar-refractivity contribution is 5.14. The lowest BCUT2D eigenvalue weighted by molar-refractivity contribution is 0.204. The lowest BCUT2D eigenvalue weighted by Crippen LogP contribution is -2.34. The Kier molecular flexibility index (Phi) is 5.54. The third-order valence-electron chi connectivity index (χ3n) is 3.54. The highest BCUT2D eigenvalue weighted by atomic mass is 15.1. The molecular formula is C15H25N. The van der Waals surface area contributed by atoms with Crippen LogP contribution in [0.1, 0.15) is 32.3 Å². The van der Waals surface area contributed by atoms with E-state index < -0.39 is 0 Å². The van der Waals surface area contributed by atoms with Crippen molar-refractivity contribution < 1.29 is 0 Å². The van der Waals surface area contributed by atoms with E-state index in [1.165, 1.54) is 24.8 Å². The van der Waals surface area contributed by atoms with Crippen LogP contribution in [0.25, 0.3) is 0 Å². The Bertz CT molecular complexity index is 279. The average Bonchev–Trinajstić information content (AvgIpc) is 2.30. The molecule has 0 spiro atoms. The second-order valence-corrected chi connectivity index (χ2v) is 4.94. The van der Waals surface area contributed by atoms with Crippen molar-refractivity contribution >= 4 is 0 Å². The van der Waals surface area contributed by atoms with Crippen LogP contribution in [-0.2, 0) is 6.42 Å². The van der Waals surface area contributed by atoms with Crippen molar-refractivity contribution in [1.82, 2.24) is 4.90 Å². The molecule has 0 radical (unpaired) electrons. The normalized spacial score (nSPS) is 15.1. The Morgan fingerprint density at radius 2 is 1.75 bits per heavy atom. The van der Waals surface area contributed by atoms with Crippen molar-refractivity contribution in [2.45, 2.75) is 39.2 Å². The predicted molar refractivity (Wildman–Crippen MR) is 71.7 cm³/mol. The fourth-order valence-corrected chi connectivity index (χ4v) is 2.28. The van der Waals surface area contributed by atoms with Crippen LogP contribution < -0.4 is 0 Å². The van der Waals surface area contributed by atoms with Gasteiger partial charge in [-0.15, -0.1) is 0 Å². The van der Waals surface area contributed by atoms with Crippen molar-refractivity contribution in [2.75, 3.05) is 14.1 Å². The summed E-state index contributed by atoms with van der Waals surface area (Å²) in [5.74, 6) is 0.777. The zero-order valence-corrected chi connectivity index (χ0v) is 11.1. The number of nitrogens with zero attached hydrogens (tertiary/aromatic N) is 1. The van der Waals surface area contributed by atoms with Crippen LogP contribution in [0.2, 0.25) is 0 Å². The molecule has 1 aromatic rings. The summed E-state index contributed by atoms with van der Waals surface area (Å²) < 4.78 is 0. The molecule has 0 N–H and O–H groups in total. The van der Waals surface area contributed by atoms with Gasteiger partial charge in [0.25, 0.3) is 0 Å². The zero-order chi connectivity index (χ0) is 12.0. The highest BCUT2D eigenvalue weighted by Crippen LogP contribution is 2.18. The van der Waals surface area contributed by atoms with E-state index in [0.29, 0.717) is 6.04 Å². The minimum absolute atomic E-state index is 0.699. The first kappa shape index (κ1) is 13.2. The van der Waals surface area contributed by atoms with Gasteiger partial charge in [0.2, 0.25) is 0 Å². The first-order chi connectivity index (χ1) is 7.65. The van der Waals surface area contributed by atoms with E-state index in [9.17, 15) is 0 Å². The molecule has 1 nitrogen and oxygen atoms in total. The number of hydrogen-bond acceptors (Lipinski definition) is 1. The van der Waals surface area contributed by atoms with Gasteiger partial charge in [-0.1, -0.05) is 50.6 Å². The minimum atomic E-state index is 0.699. The van der Waals surface area contributed by atoms with E-state index in [0.717, 1.165) is 5.92 Å². The van der Waals surface area contributed by atoms with E-state index in [1.807, 2.05) is 0 Å². The molecule has 1 aromatic carbocycles. The molecule has 0 aliphatic carbocycles. The van der Waals surface area contributed by atoms with Gasteiger partial charge in [0.15, 0.2) is 0 Å². The molecule has 0 fully saturated rings. The molecule has 0 saturated heterocycles. The van der Waals surface area contributed by atoms with Crippen LogP contribution in [0.4, 0.5) is 0 Å². The van der Waals surface area contributed by atoms with Crippen LogP contribution in [0.15, 0.2) is 30.3 Å². The lowest BCUT2D eigenvalue weighted by atomic mass is 9.92. The summed E-state index contributed by atoms with van der Waals surface area (Å²) in [7, 11) is 4.39. The molecule has 1 rings (SSSR count). The molecule has 0 aliphatic rings. The van der Waals surface area contributed by atoms with Crippen LogP contribution in [-0.4, -0.2) is 25.0 Å². The minimum Gasteiger partial charge on any atom is -0.306 e. The van der Waals surface area contributed by atoms with Crippen molar-refractivity contribution in [1.29, 1.82) is 0 Å². The van der Waals surface area contributed by atoms with E-state index in [4.69, 9.17) is 0 Å². The summed E-state index contributed by atoms with van der Waals surface area (Å²) in [6.07, 6.45) is 3.71. The average molecular weight is 219 g/mol. The Balaban J connectivity index is 2.50. The second kappa shape index (κ2) is 6.70. The smallest absolute Gasteiger partial charge is 0.0118 e. The molecule has 16 heavy (non-hydrogen) atoms. The van der Waals surface area contributed by atoms with E-state index in [1.54, 1.807) is 0 Å². The van der Waals surface area contributed by atoms with E-state index >= 15 is 0 Å². The summed E-state index contributed by atoms with van der Waals surface area (Å²) in [5, 5.41) is 0. The Labute approximate surface area is 100 Å². The third kappa shape index (κ3) is 3.97. The van der Waals surface area contributed by atoms with Crippen molar-refractivity contribution in [3.05, 3.63) is 35.9 Å². The van der Waals surface area contributed by atoms with Gasteiger partial charge in [-0.25, -0.2) is 0 Å². The maximum Gasteiger partial charge on any atom is 0.0118 e. The first-order valence-electron chi connectivity index (χ1n) is 6.35. The lowest BCUT2D eigenvalue weighted by Gasteiger charge is -2.29. The molecule has 2 unspecified atom stereocenters. The number of benzene rings is 1. The van der Waals surface area contributed by atoms with Gasteiger partial charge < -0.3 is 4.90 Å². The molecule has 0 saturated carbocycles. The standard InChI is InChI=1S/C15H25N/c1-5-13(2)15(16(3)4)12-11-14-9-7-6-8-10-14/h6-10,13,15H,5,11-12H2,1-4H3. The van der Waals surface area contributed by atoms with Gasteiger partial charge in [0, 0.05) is 6.04 Å². The van der Waals surface area contributed by atoms with Crippen molar-refractivity contribution in [3.63, 3.8) is 0 Å². The van der Waals surface area contributed by atoms with Gasteiger partial charge >= 0.3 is 0 Å². The molecule has 1 heteroatoms. The Morgan fingerprint density at radius 3 is 2.25 bits per heavy atom. The third-order valence-corrected chi connectivity index (χ3v) is 3.54.